The molecule has 0 spiro atoms. The molecule has 1 aliphatic rings. The fourth-order valence-electron chi connectivity index (χ4n) is 4.95. The van der Waals surface area contributed by atoms with E-state index in [0.717, 1.165) is 35.9 Å². The van der Waals surface area contributed by atoms with Crippen LogP contribution < -0.4 is 9.64 Å². The van der Waals surface area contributed by atoms with Crippen molar-refractivity contribution in [1.29, 1.82) is 0 Å². The Morgan fingerprint density at radius 2 is 1.71 bits per heavy atom. The van der Waals surface area contributed by atoms with Gasteiger partial charge in [0, 0.05) is 50.9 Å². The molecular formula is C28H30N4O2. The summed E-state index contributed by atoms with van der Waals surface area (Å²) in [5, 5.41) is 0. The summed E-state index contributed by atoms with van der Waals surface area (Å²) in [6.45, 7) is 5.09. The van der Waals surface area contributed by atoms with Gasteiger partial charge in [0.1, 0.15) is 11.4 Å². The highest BCUT2D eigenvalue weighted by Crippen LogP contribution is 2.32. The van der Waals surface area contributed by atoms with Crippen molar-refractivity contribution in [3.8, 4) is 5.75 Å². The van der Waals surface area contributed by atoms with E-state index in [0.29, 0.717) is 19.5 Å². The van der Waals surface area contributed by atoms with Gasteiger partial charge in [-0.15, -0.1) is 0 Å². The van der Waals surface area contributed by atoms with E-state index in [2.05, 4.69) is 45.5 Å². The third-order valence-corrected chi connectivity index (χ3v) is 6.80. The first-order chi connectivity index (χ1) is 16.7. The lowest BCUT2D eigenvalue weighted by Crippen LogP contribution is -2.49. The van der Waals surface area contributed by atoms with E-state index < -0.39 is 0 Å². The molecule has 0 N–H and O–H groups in total. The van der Waals surface area contributed by atoms with Crippen molar-refractivity contribution in [1.82, 2.24) is 14.3 Å². The normalized spacial score (nSPS) is 14.9. The topological polar surface area (TPSA) is 50.1 Å². The molecule has 0 aliphatic carbocycles. The van der Waals surface area contributed by atoms with E-state index in [9.17, 15) is 4.79 Å². The maximum Gasteiger partial charge on any atom is 0.223 e. The number of carbonyl (C=O) groups is 1. The van der Waals surface area contributed by atoms with Crippen LogP contribution in [0.25, 0.3) is 5.65 Å². The van der Waals surface area contributed by atoms with Gasteiger partial charge >= 0.3 is 0 Å². The third-order valence-electron chi connectivity index (χ3n) is 6.80. The van der Waals surface area contributed by atoms with E-state index in [4.69, 9.17) is 4.74 Å². The average molecular weight is 455 g/mol. The number of carbonyl (C=O) groups excluding carboxylic acids is 1. The number of imidazole rings is 1. The minimum absolute atomic E-state index is 0.0571. The number of hydrogen-bond acceptors (Lipinski definition) is 4. The van der Waals surface area contributed by atoms with Gasteiger partial charge in [-0.05, 0) is 42.3 Å². The number of benzene rings is 2. The number of nitrogens with zero attached hydrogens (tertiary/aromatic N) is 4. The Bertz CT molecular complexity index is 1290. The minimum Gasteiger partial charge on any atom is -0.495 e. The quantitative estimate of drug-likeness (QED) is 0.430. The second-order valence-corrected chi connectivity index (χ2v) is 8.76. The molecule has 3 heterocycles. The number of rotatable bonds is 6. The molecule has 1 fully saturated rings. The predicted octanol–water partition coefficient (Wildman–Crippen LogP) is 4.52. The summed E-state index contributed by atoms with van der Waals surface area (Å²) >= 11 is 0. The van der Waals surface area contributed by atoms with Crippen molar-refractivity contribution in [2.75, 3.05) is 38.2 Å². The lowest BCUT2D eigenvalue weighted by Gasteiger charge is -2.37. The Hall–Kier alpha value is -3.80. The molecule has 4 aromatic rings. The molecule has 6 nitrogen and oxygen atoms in total. The van der Waals surface area contributed by atoms with Gasteiger partial charge in [0.25, 0.3) is 0 Å². The first kappa shape index (κ1) is 22.0. The van der Waals surface area contributed by atoms with Crippen molar-refractivity contribution >= 4 is 17.2 Å². The number of piperazine rings is 1. The van der Waals surface area contributed by atoms with Crippen LogP contribution in [-0.2, 0) is 4.79 Å². The number of pyridine rings is 1. The molecule has 34 heavy (non-hydrogen) atoms. The highest BCUT2D eigenvalue weighted by molar-refractivity contribution is 5.78. The van der Waals surface area contributed by atoms with Gasteiger partial charge in [-0.25, -0.2) is 4.98 Å². The molecule has 2 aromatic heterocycles. The van der Waals surface area contributed by atoms with Crippen LogP contribution in [0.1, 0.15) is 29.2 Å². The number of ether oxygens (including phenoxy) is 1. The number of aromatic nitrogens is 2. The first-order valence-electron chi connectivity index (χ1n) is 11.8. The second kappa shape index (κ2) is 9.59. The number of hydrogen-bond donors (Lipinski definition) is 0. The maximum absolute atomic E-state index is 13.5. The fraction of sp³-hybridized carbons (Fsp3) is 0.286. The van der Waals surface area contributed by atoms with Crippen LogP contribution in [0.4, 0.5) is 5.69 Å². The van der Waals surface area contributed by atoms with Crippen LogP contribution in [0.2, 0.25) is 0 Å². The molecule has 0 saturated carbocycles. The van der Waals surface area contributed by atoms with Crippen LogP contribution in [0.15, 0.2) is 79.1 Å². The predicted molar refractivity (Wildman–Crippen MR) is 135 cm³/mol. The van der Waals surface area contributed by atoms with E-state index in [1.165, 1.54) is 11.1 Å². The molecule has 1 aliphatic heterocycles. The average Bonchev–Trinajstić information content (AvgIpc) is 3.32. The number of amides is 1. The third kappa shape index (κ3) is 4.23. The molecule has 5 rings (SSSR count). The second-order valence-electron chi connectivity index (χ2n) is 8.76. The SMILES string of the molecule is COc1ccccc1N1CCN(C(=O)CC(c2ccccc2C)c2cnc3ccccn23)CC1. The number of methoxy groups -OCH3 is 1. The standard InChI is InChI=1S/C28H30N4O2/c1-21-9-3-4-10-22(21)23(25-20-29-27-13-7-8-14-32(25)27)19-28(33)31-17-15-30(16-18-31)24-11-5-6-12-26(24)34-2/h3-14,20,23H,15-19H2,1-2H3. The van der Waals surface area contributed by atoms with Gasteiger partial charge in [0.2, 0.25) is 5.91 Å². The van der Waals surface area contributed by atoms with Crippen molar-refractivity contribution < 1.29 is 9.53 Å². The molecular weight excluding hydrogens is 424 g/mol. The summed E-state index contributed by atoms with van der Waals surface area (Å²) in [7, 11) is 1.70. The van der Waals surface area contributed by atoms with Crippen LogP contribution in [0.5, 0.6) is 5.75 Å². The summed E-state index contributed by atoms with van der Waals surface area (Å²) < 4.78 is 7.63. The van der Waals surface area contributed by atoms with Crippen LogP contribution in [-0.4, -0.2) is 53.5 Å². The molecule has 0 radical (unpaired) electrons. The highest BCUT2D eigenvalue weighted by Gasteiger charge is 2.28. The van der Waals surface area contributed by atoms with Gasteiger partial charge in [-0.1, -0.05) is 42.5 Å². The molecule has 1 amide bonds. The summed E-state index contributed by atoms with van der Waals surface area (Å²) in [4.78, 5) is 22.4. The number of para-hydroxylation sites is 2. The zero-order valence-corrected chi connectivity index (χ0v) is 19.7. The van der Waals surface area contributed by atoms with Crippen molar-refractivity contribution in [3.05, 3.63) is 95.9 Å². The molecule has 0 bridgehead atoms. The Morgan fingerprint density at radius 1 is 0.971 bits per heavy atom. The van der Waals surface area contributed by atoms with E-state index >= 15 is 0 Å². The van der Waals surface area contributed by atoms with Crippen molar-refractivity contribution in [3.63, 3.8) is 0 Å². The first-order valence-corrected chi connectivity index (χ1v) is 11.8. The summed E-state index contributed by atoms with van der Waals surface area (Å²) in [5.74, 6) is 0.992. The smallest absolute Gasteiger partial charge is 0.223 e. The van der Waals surface area contributed by atoms with Gasteiger partial charge in [-0.3, -0.25) is 4.79 Å². The number of fused-ring (bicyclic) bond motifs is 1. The van der Waals surface area contributed by atoms with Crippen LogP contribution in [0.3, 0.4) is 0 Å². The number of aryl methyl sites for hydroxylation is 1. The minimum atomic E-state index is -0.0571. The number of anilines is 1. The van der Waals surface area contributed by atoms with Gasteiger partial charge in [-0.2, -0.15) is 0 Å². The van der Waals surface area contributed by atoms with Crippen molar-refractivity contribution in [2.45, 2.75) is 19.3 Å². The van der Waals surface area contributed by atoms with Crippen LogP contribution in [0, 0.1) is 6.92 Å². The Balaban J connectivity index is 1.36. The zero-order valence-electron chi connectivity index (χ0n) is 19.7. The van der Waals surface area contributed by atoms with Gasteiger partial charge in [0.15, 0.2) is 0 Å². The van der Waals surface area contributed by atoms with Gasteiger partial charge in [0.05, 0.1) is 18.5 Å². The Morgan fingerprint density at radius 3 is 2.50 bits per heavy atom. The van der Waals surface area contributed by atoms with E-state index in [1.54, 1.807) is 7.11 Å². The molecule has 1 atom stereocenters. The van der Waals surface area contributed by atoms with E-state index in [1.807, 2.05) is 59.8 Å². The zero-order chi connectivity index (χ0) is 23.5. The molecule has 174 valence electrons. The lowest BCUT2D eigenvalue weighted by molar-refractivity contribution is -0.131. The lowest BCUT2D eigenvalue weighted by atomic mass is 9.89. The Labute approximate surface area is 200 Å². The van der Waals surface area contributed by atoms with Gasteiger partial charge < -0.3 is 18.9 Å². The molecule has 1 unspecified atom stereocenters. The maximum atomic E-state index is 13.5. The molecule has 2 aromatic carbocycles. The molecule has 6 heteroatoms. The monoisotopic (exact) mass is 454 g/mol. The largest absolute Gasteiger partial charge is 0.495 e. The van der Waals surface area contributed by atoms with Crippen molar-refractivity contribution in [2.24, 2.45) is 0 Å². The Kier molecular flexibility index (Phi) is 6.21. The molecule has 1 saturated heterocycles. The van der Waals surface area contributed by atoms with E-state index in [-0.39, 0.29) is 11.8 Å². The summed E-state index contributed by atoms with van der Waals surface area (Å²) in [6, 6.07) is 22.4. The highest BCUT2D eigenvalue weighted by atomic mass is 16.5. The fourth-order valence-corrected chi connectivity index (χ4v) is 4.95. The summed E-state index contributed by atoms with van der Waals surface area (Å²) in [5.41, 5.74) is 5.39. The van der Waals surface area contributed by atoms with Crippen LogP contribution >= 0.6 is 0 Å². The summed E-state index contributed by atoms with van der Waals surface area (Å²) in [6.07, 6.45) is 4.36.